The van der Waals surface area contributed by atoms with Crippen molar-refractivity contribution in [3.8, 4) is 11.5 Å². The van der Waals surface area contributed by atoms with Crippen LogP contribution in [0, 0.1) is 6.92 Å². The quantitative estimate of drug-likeness (QED) is 0.863. The normalized spacial score (nSPS) is 16.1. The molecule has 7 nitrogen and oxygen atoms in total. The molecule has 0 saturated heterocycles. The third kappa shape index (κ3) is 3.24. The van der Waals surface area contributed by atoms with Gasteiger partial charge in [0.2, 0.25) is 0 Å². The van der Waals surface area contributed by atoms with Crippen LogP contribution in [0.25, 0.3) is 0 Å². The van der Waals surface area contributed by atoms with Crippen molar-refractivity contribution in [2.75, 3.05) is 20.8 Å². The maximum atomic E-state index is 13.0. The second kappa shape index (κ2) is 7.33. The summed E-state index contributed by atoms with van der Waals surface area (Å²) >= 11 is 1.22. The minimum absolute atomic E-state index is 0.176. The van der Waals surface area contributed by atoms with Gasteiger partial charge in [-0.15, -0.1) is 0 Å². The van der Waals surface area contributed by atoms with Gasteiger partial charge in [-0.1, -0.05) is 0 Å². The minimum atomic E-state index is -0.962. The van der Waals surface area contributed by atoms with Crippen LogP contribution in [0.3, 0.4) is 0 Å². The Morgan fingerprint density at radius 1 is 1.31 bits per heavy atom. The van der Waals surface area contributed by atoms with Crippen LogP contribution in [-0.2, 0) is 11.2 Å². The predicted molar refractivity (Wildman–Crippen MR) is 96.1 cm³/mol. The van der Waals surface area contributed by atoms with Crippen LogP contribution in [0.15, 0.2) is 17.5 Å². The molecule has 1 aliphatic heterocycles. The Morgan fingerprint density at radius 2 is 2.00 bits per heavy atom. The average Bonchev–Trinajstić information content (AvgIpc) is 3.05. The number of nitrogens with zero attached hydrogens (tertiary/aromatic N) is 2. The van der Waals surface area contributed by atoms with Crippen LogP contribution < -0.4 is 9.47 Å². The van der Waals surface area contributed by atoms with Gasteiger partial charge in [-0.3, -0.25) is 9.59 Å². The molecule has 1 unspecified atom stereocenters. The summed E-state index contributed by atoms with van der Waals surface area (Å²) in [7, 11) is 3.09. The molecule has 1 aromatic carbocycles. The van der Waals surface area contributed by atoms with E-state index in [1.807, 2.05) is 6.07 Å². The SMILES string of the molecule is COc1cc2c(cc1OC)C(CC(=O)O)N(C(=O)c1csnc1C)CC2. The molecule has 2 heterocycles. The van der Waals surface area contributed by atoms with Crippen molar-refractivity contribution in [1.82, 2.24) is 9.27 Å². The first-order valence-electron chi connectivity index (χ1n) is 8.14. The molecule has 1 N–H and O–H groups in total. The largest absolute Gasteiger partial charge is 0.493 e. The van der Waals surface area contributed by atoms with E-state index in [9.17, 15) is 14.7 Å². The van der Waals surface area contributed by atoms with Crippen LogP contribution >= 0.6 is 11.5 Å². The molecular formula is C18H20N2O5S. The summed E-state index contributed by atoms with van der Waals surface area (Å²) in [6.45, 7) is 2.22. The smallest absolute Gasteiger partial charge is 0.305 e. The number of amides is 1. The van der Waals surface area contributed by atoms with E-state index in [0.29, 0.717) is 35.7 Å². The van der Waals surface area contributed by atoms with Gasteiger partial charge >= 0.3 is 5.97 Å². The number of benzene rings is 1. The van der Waals surface area contributed by atoms with Crippen molar-refractivity contribution in [2.45, 2.75) is 25.8 Å². The van der Waals surface area contributed by atoms with Gasteiger partial charge in [0.05, 0.1) is 37.9 Å². The van der Waals surface area contributed by atoms with E-state index in [4.69, 9.17) is 9.47 Å². The summed E-state index contributed by atoms with van der Waals surface area (Å²) in [4.78, 5) is 26.1. The number of aryl methyl sites for hydroxylation is 1. The lowest BCUT2D eigenvalue weighted by Gasteiger charge is -2.37. The Labute approximate surface area is 155 Å². The van der Waals surface area contributed by atoms with Gasteiger partial charge < -0.3 is 19.5 Å². The number of aliphatic carboxylic acids is 1. The van der Waals surface area contributed by atoms with Crippen LogP contribution in [0.1, 0.15) is 39.6 Å². The van der Waals surface area contributed by atoms with Gasteiger partial charge in [0.15, 0.2) is 11.5 Å². The standard InChI is InChI=1S/C18H20N2O5S/c1-10-13(9-26-19-10)18(23)20-5-4-11-6-15(24-2)16(25-3)7-12(11)14(20)8-17(21)22/h6-7,9,14H,4-5,8H2,1-3H3,(H,21,22). The van der Waals surface area contributed by atoms with E-state index in [2.05, 4.69) is 4.37 Å². The molecule has 26 heavy (non-hydrogen) atoms. The number of ether oxygens (including phenoxy) is 2. The molecule has 1 aliphatic rings. The Morgan fingerprint density at radius 3 is 2.58 bits per heavy atom. The number of carbonyl (C=O) groups excluding carboxylic acids is 1. The Balaban J connectivity index is 2.05. The molecule has 0 radical (unpaired) electrons. The summed E-state index contributed by atoms with van der Waals surface area (Å²) in [5.74, 6) is -0.0409. The lowest BCUT2D eigenvalue weighted by atomic mass is 9.89. The van der Waals surface area contributed by atoms with Gasteiger partial charge in [-0.05, 0) is 48.1 Å². The Bertz CT molecular complexity index is 848. The monoisotopic (exact) mass is 376 g/mol. The summed E-state index contributed by atoms with van der Waals surface area (Å²) in [5.41, 5.74) is 2.94. The zero-order valence-electron chi connectivity index (χ0n) is 14.8. The van der Waals surface area contributed by atoms with Gasteiger partial charge in [0.25, 0.3) is 5.91 Å². The maximum Gasteiger partial charge on any atom is 0.305 e. The molecular weight excluding hydrogens is 356 g/mol. The van der Waals surface area contributed by atoms with Crippen molar-refractivity contribution in [3.63, 3.8) is 0 Å². The number of carboxylic acids is 1. The van der Waals surface area contributed by atoms with Crippen LogP contribution in [0.5, 0.6) is 11.5 Å². The number of rotatable bonds is 5. The maximum absolute atomic E-state index is 13.0. The fourth-order valence-corrected chi connectivity index (χ4v) is 4.00. The number of carbonyl (C=O) groups is 2. The van der Waals surface area contributed by atoms with Crippen LogP contribution in [0.2, 0.25) is 0 Å². The highest BCUT2D eigenvalue weighted by Crippen LogP contribution is 2.40. The summed E-state index contributed by atoms with van der Waals surface area (Å²) in [6, 6.07) is 3.07. The van der Waals surface area contributed by atoms with Crippen LogP contribution in [0.4, 0.5) is 0 Å². The average molecular weight is 376 g/mol. The number of fused-ring (bicyclic) bond motifs is 1. The van der Waals surface area contributed by atoms with Crippen molar-refractivity contribution >= 4 is 23.4 Å². The second-order valence-electron chi connectivity index (χ2n) is 6.08. The minimum Gasteiger partial charge on any atom is -0.493 e. The molecule has 8 heteroatoms. The topological polar surface area (TPSA) is 89.0 Å². The molecule has 3 rings (SSSR count). The van der Waals surface area contributed by atoms with Crippen molar-refractivity contribution in [3.05, 3.63) is 39.9 Å². The molecule has 2 aromatic rings. The van der Waals surface area contributed by atoms with Gasteiger partial charge in [0.1, 0.15) is 0 Å². The highest BCUT2D eigenvalue weighted by atomic mass is 32.1. The lowest BCUT2D eigenvalue weighted by Crippen LogP contribution is -2.41. The first-order chi connectivity index (χ1) is 12.5. The van der Waals surface area contributed by atoms with Gasteiger partial charge in [0, 0.05) is 11.9 Å². The fourth-order valence-electron chi connectivity index (χ4n) is 3.31. The third-order valence-corrected chi connectivity index (χ3v) is 5.33. The van der Waals surface area contributed by atoms with E-state index in [1.54, 1.807) is 30.4 Å². The number of methoxy groups -OCH3 is 2. The Hall–Kier alpha value is -2.61. The third-order valence-electron chi connectivity index (χ3n) is 4.61. The van der Waals surface area contributed by atoms with E-state index in [0.717, 1.165) is 11.1 Å². The molecule has 1 aromatic heterocycles. The highest BCUT2D eigenvalue weighted by molar-refractivity contribution is 7.03. The molecule has 0 spiro atoms. The molecule has 0 saturated carbocycles. The number of hydrogen-bond donors (Lipinski definition) is 1. The molecule has 138 valence electrons. The van der Waals surface area contributed by atoms with Crippen molar-refractivity contribution in [2.24, 2.45) is 0 Å². The van der Waals surface area contributed by atoms with E-state index >= 15 is 0 Å². The lowest BCUT2D eigenvalue weighted by molar-refractivity contribution is -0.138. The van der Waals surface area contributed by atoms with E-state index < -0.39 is 12.0 Å². The van der Waals surface area contributed by atoms with Gasteiger partial charge in [-0.25, -0.2) is 0 Å². The highest BCUT2D eigenvalue weighted by Gasteiger charge is 2.34. The van der Waals surface area contributed by atoms with Crippen molar-refractivity contribution < 1.29 is 24.2 Å². The predicted octanol–water partition coefficient (Wildman–Crippen LogP) is 2.68. The zero-order valence-corrected chi connectivity index (χ0v) is 15.6. The Kier molecular flexibility index (Phi) is 5.13. The van der Waals surface area contributed by atoms with Crippen molar-refractivity contribution in [1.29, 1.82) is 0 Å². The summed E-state index contributed by atoms with van der Waals surface area (Å²) < 4.78 is 14.9. The van der Waals surface area contributed by atoms with E-state index in [1.165, 1.54) is 18.6 Å². The van der Waals surface area contributed by atoms with Crippen LogP contribution in [-0.4, -0.2) is 47.0 Å². The molecule has 0 fully saturated rings. The molecule has 0 aliphatic carbocycles. The first-order valence-corrected chi connectivity index (χ1v) is 8.98. The number of hydrogen-bond acceptors (Lipinski definition) is 6. The molecule has 1 atom stereocenters. The fraction of sp³-hybridized carbons (Fsp3) is 0.389. The second-order valence-corrected chi connectivity index (χ2v) is 6.71. The molecule has 0 bridgehead atoms. The number of carboxylic acid groups (broad SMARTS) is 1. The van der Waals surface area contributed by atoms with E-state index in [-0.39, 0.29) is 12.3 Å². The summed E-state index contributed by atoms with van der Waals surface area (Å²) in [5, 5.41) is 11.1. The van der Waals surface area contributed by atoms with Gasteiger partial charge in [-0.2, -0.15) is 4.37 Å². The molecule has 1 amide bonds. The zero-order chi connectivity index (χ0) is 18.8. The first kappa shape index (κ1) is 18.2. The number of aromatic nitrogens is 1. The summed E-state index contributed by atoms with van der Waals surface area (Å²) in [6.07, 6.45) is 0.443.